The van der Waals surface area contributed by atoms with Gasteiger partial charge in [-0.25, -0.2) is 4.79 Å². The number of rotatable bonds is 3. The van der Waals surface area contributed by atoms with Crippen molar-refractivity contribution < 1.29 is 9.90 Å². The van der Waals surface area contributed by atoms with Crippen LogP contribution in [0, 0.1) is 0 Å². The molecule has 1 atom stereocenters. The second kappa shape index (κ2) is 4.33. The Morgan fingerprint density at radius 2 is 2.20 bits per heavy atom. The van der Waals surface area contributed by atoms with Crippen molar-refractivity contribution in [3.8, 4) is 0 Å². The fraction of sp³-hybridized carbons (Fsp3) is 0.833. The lowest BCUT2D eigenvalue weighted by Crippen LogP contribution is -2.39. The van der Waals surface area contributed by atoms with Gasteiger partial charge in [-0.2, -0.15) is 0 Å². The molecule has 4 heteroatoms. The van der Waals surface area contributed by atoms with Crippen LogP contribution in [-0.4, -0.2) is 38.6 Å². The summed E-state index contributed by atoms with van der Waals surface area (Å²) in [6.45, 7) is 4.50. The maximum absolute atomic E-state index is 10.5. The monoisotopic (exact) mass is 161 g/mol. The van der Waals surface area contributed by atoms with Gasteiger partial charge in [-0.1, -0.05) is 6.92 Å². The molecular weight excluding hydrogens is 146 g/mol. The van der Waals surface area contributed by atoms with Crippen LogP contribution in [0.1, 0.15) is 20.3 Å². The Labute approximate surface area is 64.5 Å². The van der Waals surface area contributed by atoms with Gasteiger partial charge in [-0.05, 0) is 13.3 Å². The van der Waals surface area contributed by atoms with Crippen LogP contribution in [0.25, 0.3) is 0 Å². The van der Waals surface area contributed by atoms with Crippen molar-refractivity contribution >= 4 is 16.3 Å². The summed E-state index contributed by atoms with van der Waals surface area (Å²) < 4.78 is 0. The summed E-state index contributed by atoms with van der Waals surface area (Å²) in [5.41, 5.74) is 0.280. The number of amides is 1. The van der Waals surface area contributed by atoms with E-state index in [9.17, 15) is 4.79 Å². The Morgan fingerprint density at radius 3 is 2.30 bits per heavy atom. The predicted octanol–water partition coefficient (Wildman–Crippen LogP) is 0.0878. The molecule has 1 unspecified atom stereocenters. The molecule has 0 radical (unpaired) electrons. The van der Waals surface area contributed by atoms with Gasteiger partial charge in [0.1, 0.15) is 0 Å². The van der Waals surface area contributed by atoms with Gasteiger partial charge >= 0.3 is 6.09 Å². The second-order valence-corrected chi connectivity index (χ2v) is 3.66. The topological polar surface area (TPSA) is 40.5 Å². The van der Waals surface area contributed by atoms with E-state index < -0.39 is 6.09 Å². The molecule has 0 saturated heterocycles. The normalized spacial score (nSPS) is 13.0. The fourth-order valence-corrected chi connectivity index (χ4v) is 1.44. The molecular formula is C6H15NO2Si. The zero-order valence-electron chi connectivity index (χ0n) is 6.79. The number of carboxylic acid groups (broad SMARTS) is 1. The number of hydrogen-bond acceptors (Lipinski definition) is 1. The van der Waals surface area contributed by atoms with Crippen LogP contribution in [0.4, 0.5) is 4.79 Å². The first-order chi connectivity index (χ1) is 4.63. The SMILES string of the molecule is CCC([SiH3])N(CC)C(=O)O. The van der Waals surface area contributed by atoms with Crippen LogP contribution in [0.3, 0.4) is 0 Å². The largest absolute Gasteiger partial charge is 0.465 e. The van der Waals surface area contributed by atoms with Gasteiger partial charge in [-0.15, -0.1) is 0 Å². The molecule has 0 spiro atoms. The molecule has 0 saturated carbocycles. The van der Waals surface area contributed by atoms with E-state index in [1.807, 2.05) is 13.8 Å². The zero-order chi connectivity index (χ0) is 8.15. The van der Waals surface area contributed by atoms with Crippen molar-refractivity contribution in [2.45, 2.75) is 25.9 Å². The van der Waals surface area contributed by atoms with Gasteiger partial charge in [0, 0.05) is 22.5 Å². The summed E-state index contributed by atoms with van der Waals surface area (Å²) in [6.07, 6.45) is 0.149. The molecule has 0 heterocycles. The third kappa shape index (κ3) is 2.39. The number of nitrogens with zero attached hydrogens (tertiary/aromatic N) is 1. The molecule has 0 rings (SSSR count). The second-order valence-electron chi connectivity index (χ2n) is 2.33. The van der Waals surface area contributed by atoms with Crippen molar-refractivity contribution in [2.24, 2.45) is 0 Å². The minimum Gasteiger partial charge on any atom is -0.465 e. The van der Waals surface area contributed by atoms with Gasteiger partial charge < -0.3 is 10.0 Å². The minimum absolute atomic E-state index is 0.280. The molecule has 0 aliphatic rings. The van der Waals surface area contributed by atoms with Crippen LogP contribution in [0.5, 0.6) is 0 Å². The highest BCUT2D eigenvalue weighted by atomic mass is 28.1. The lowest BCUT2D eigenvalue weighted by Gasteiger charge is -2.23. The van der Waals surface area contributed by atoms with E-state index in [0.717, 1.165) is 16.7 Å². The molecule has 60 valence electrons. The Hall–Kier alpha value is -0.513. The predicted molar refractivity (Wildman–Crippen MR) is 44.4 cm³/mol. The van der Waals surface area contributed by atoms with Crippen LogP contribution in [0.2, 0.25) is 0 Å². The van der Waals surface area contributed by atoms with Gasteiger partial charge in [0.25, 0.3) is 0 Å². The summed E-state index contributed by atoms with van der Waals surface area (Å²) in [6, 6.07) is 0. The standard InChI is InChI=1S/C6H15NO2Si/c1-3-5(10)7(4-2)6(8)9/h5H,3-4H2,1-2,10H3,(H,8,9). The quantitative estimate of drug-likeness (QED) is 0.596. The summed E-state index contributed by atoms with van der Waals surface area (Å²) in [5.74, 6) is 0. The molecule has 1 N–H and O–H groups in total. The Bertz CT molecular complexity index is 118. The Morgan fingerprint density at radius 1 is 1.70 bits per heavy atom. The Balaban J connectivity index is 3.92. The summed E-state index contributed by atoms with van der Waals surface area (Å²) in [4.78, 5) is 12.0. The molecule has 3 nitrogen and oxygen atoms in total. The van der Waals surface area contributed by atoms with Gasteiger partial charge in [-0.3, -0.25) is 0 Å². The van der Waals surface area contributed by atoms with Gasteiger partial charge in [0.05, 0.1) is 0 Å². The van der Waals surface area contributed by atoms with Gasteiger partial charge in [0.15, 0.2) is 0 Å². The highest BCUT2D eigenvalue weighted by Gasteiger charge is 2.14. The Kier molecular flexibility index (Phi) is 4.10. The van der Waals surface area contributed by atoms with Crippen molar-refractivity contribution in [2.75, 3.05) is 6.54 Å². The summed E-state index contributed by atoms with van der Waals surface area (Å²) in [5, 5.41) is 8.62. The third-order valence-corrected chi connectivity index (χ3v) is 3.15. The van der Waals surface area contributed by atoms with Gasteiger partial charge in [0.2, 0.25) is 0 Å². The van der Waals surface area contributed by atoms with E-state index in [-0.39, 0.29) is 5.67 Å². The van der Waals surface area contributed by atoms with Crippen molar-refractivity contribution in [1.82, 2.24) is 4.90 Å². The molecule has 0 aliphatic carbocycles. The zero-order valence-corrected chi connectivity index (χ0v) is 8.79. The molecule has 0 fully saturated rings. The number of hydrogen-bond donors (Lipinski definition) is 1. The molecule has 0 aromatic rings. The third-order valence-electron chi connectivity index (χ3n) is 1.71. The molecule has 0 bridgehead atoms. The lowest BCUT2D eigenvalue weighted by atomic mass is 10.4. The summed E-state index contributed by atoms with van der Waals surface area (Å²) in [7, 11) is 0.926. The van der Waals surface area contributed by atoms with Crippen molar-refractivity contribution in [3.63, 3.8) is 0 Å². The lowest BCUT2D eigenvalue weighted by molar-refractivity contribution is 0.141. The first-order valence-corrected chi connectivity index (χ1v) is 4.78. The van der Waals surface area contributed by atoms with Crippen LogP contribution >= 0.6 is 0 Å². The van der Waals surface area contributed by atoms with E-state index in [1.165, 1.54) is 4.90 Å². The van der Waals surface area contributed by atoms with Crippen molar-refractivity contribution in [3.05, 3.63) is 0 Å². The maximum atomic E-state index is 10.5. The minimum atomic E-state index is -0.788. The number of carbonyl (C=O) groups is 1. The van der Waals surface area contributed by atoms with Crippen molar-refractivity contribution in [1.29, 1.82) is 0 Å². The first-order valence-electron chi connectivity index (χ1n) is 3.63. The van der Waals surface area contributed by atoms with E-state index in [2.05, 4.69) is 0 Å². The van der Waals surface area contributed by atoms with E-state index in [1.54, 1.807) is 0 Å². The maximum Gasteiger partial charge on any atom is 0.407 e. The molecule has 1 amide bonds. The van der Waals surface area contributed by atoms with Crippen LogP contribution < -0.4 is 0 Å². The van der Waals surface area contributed by atoms with E-state index >= 15 is 0 Å². The van der Waals surface area contributed by atoms with E-state index in [0.29, 0.717) is 6.54 Å². The fourth-order valence-electron chi connectivity index (χ4n) is 0.856. The average Bonchev–Trinajstić information content (AvgIpc) is 1.88. The smallest absolute Gasteiger partial charge is 0.407 e. The molecule has 0 aliphatic heterocycles. The van der Waals surface area contributed by atoms with E-state index in [4.69, 9.17) is 5.11 Å². The highest BCUT2D eigenvalue weighted by Crippen LogP contribution is 1.98. The first kappa shape index (κ1) is 9.49. The summed E-state index contributed by atoms with van der Waals surface area (Å²) >= 11 is 0. The molecule has 0 aromatic carbocycles. The average molecular weight is 161 g/mol. The molecule has 0 aromatic heterocycles. The highest BCUT2D eigenvalue weighted by molar-refractivity contribution is 6.12. The molecule has 10 heavy (non-hydrogen) atoms. The van der Waals surface area contributed by atoms with Crippen LogP contribution in [0.15, 0.2) is 0 Å². The van der Waals surface area contributed by atoms with Crippen LogP contribution in [-0.2, 0) is 0 Å².